The van der Waals surface area contributed by atoms with E-state index in [4.69, 9.17) is 4.52 Å². The maximum absolute atomic E-state index is 12.7. The highest BCUT2D eigenvalue weighted by molar-refractivity contribution is 7.90. The van der Waals surface area contributed by atoms with Crippen LogP contribution in [-0.2, 0) is 22.6 Å². The summed E-state index contributed by atoms with van der Waals surface area (Å²) in [5, 5.41) is 7.78. The Hall–Kier alpha value is -2.62. The Bertz CT molecular complexity index is 966. The number of aryl methyl sites for hydroxylation is 1. The highest BCUT2D eigenvalue weighted by Gasteiger charge is 2.21. The van der Waals surface area contributed by atoms with Gasteiger partial charge in [-0.05, 0) is 6.07 Å². The lowest BCUT2D eigenvalue weighted by molar-refractivity contribution is 0.150. The van der Waals surface area contributed by atoms with Crippen LogP contribution in [0.4, 0.5) is 8.78 Å². The van der Waals surface area contributed by atoms with Gasteiger partial charge in [-0.3, -0.25) is 9.67 Å². The van der Waals surface area contributed by atoms with Crippen molar-refractivity contribution in [2.45, 2.75) is 17.1 Å². The molecule has 3 heterocycles. The van der Waals surface area contributed by atoms with Gasteiger partial charge in [0.05, 0.1) is 11.1 Å². The maximum Gasteiger partial charge on any atom is 0.265 e. The monoisotopic (exact) mass is 354 g/mol. The van der Waals surface area contributed by atoms with Crippen molar-refractivity contribution in [2.24, 2.45) is 7.05 Å². The third kappa shape index (κ3) is 3.32. The van der Waals surface area contributed by atoms with E-state index in [9.17, 15) is 17.2 Å². The van der Waals surface area contributed by atoms with Gasteiger partial charge >= 0.3 is 0 Å². The molecular formula is C14H12F2N4O3S. The number of rotatable bonds is 5. The van der Waals surface area contributed by atoms with E-state index in [0.29, 0.717) is 11.3 Å². The van der Waals surface area contributed by atoms with Crippen LogP contribution in [-0.4, -0.2) is 28.3 Å². The molecule has 7 nitrogen and oxygen atoms in total. The zero-order valence-electron chi connectivity index (χ0n) is 12.4. The number of hydrogen-bond acceptors (Lipinski definition) is 6. The predicted octanol–water partition coefficient (Wildman–Crippen LogP) is 2.38. The molecule has 0 aliphatic rings. The van der Waals surface area contributed by atoms with Crippen LogP contribution in [0.2, 0.25) is 0 Å². The van der Waals surface area contributed by atoms with Crippen molar-refractivity contribution in [2.75, 3.05) is 0 Å². The predicted molar refractivity (Wildman–Crippen MR) is 78.8 cm³/mol. The minimum atomic E-state index is -3.88. The van der Waals surface area contributed by atoms with Gasteiger partial charge in [-0.25, -0.2) is 17.2 Å². The molecule has 0 saturated carbocycles. The number of hydrogen-bond donors (Lipinski definition) is 0. The summed E-state index contributed by atoms with van der Waals surface area (Å²) in [4.78, 5) is 3.26. The Morgan fingerprint density at radius 2 is 2.04 bits per heavy atom. The van der Waals surface area contributed by atoms with Crippen molar-refractivity contribution < 1.29 is 21.7 Å². The molecule has 0 radical (unpaired) electrons. The maximum atomic E-state index is 12.7. The van der Waals surface area contributed by atoms with Crippen molar-refractivity contribution in [1.29, 1.82) is 0 Å². The van der Waals surface area contributed by atoms with Gasteiger partial charge < -0.3 is 4.52 Å². The SMILES string of the molecule is Cn1cc(-c2cc(CS(=O)(=O)c3cncc(C(F)F)c3)on2)cn1. The molecule has 0 atom stereocenters. The summed E-state index contributed by atoms with van der Waals surface area (Å²) in [6.45, 7) is 0. The number of nitrogens with zero attached hydrogens (tertiary/aromatic N) is 4. The first kappa shape index (κ1) is 16.2. The van der Waals surface area contributed by atoms with Gasteiger partial charge in [0.25, 0.3) is 6.43 Å². The van der Waals surface area contributed by atoms with Crippen LogP contribution < -0.4 is 0 Å². The van der Waals surface area contributed by atoms with E-state index in [2.05, 4.69) is 15.2 Å². The molecule has 0 aliphatic heterocycles. The second kappa shape index (κ2) is 6.11. The largest absolute Gasteiger partial charge is 0.360 e. The van der Waals surface area contributed by atoms with E-state index in [0.717, 1.165) is 18.5 Å². The number of halogens is 2. The van der Waals surface area contributed by atoms with E-state index in [1.54, 1.807) is 24.1 Å². The molecule has 0 N–H and O–H groups in total. The van der Waals surface area contributed by atoms with Crippen LogP contribution in [0, 0.1) is 0 Å². The Labute approximate surface area is 135 Å². The molecule has 0 amide bonds. The molecule has 3 aromatic rings. The van der Waals surface area contributed by atoms with Gasteiger partial charge in [0.15, 0.2) is 15.6 Å². The molecular weight excluding hydrogens is 342 g/mol. The van der Waals surface area contributed by atoms with Crippen molar-refractivity contribution in [3.8, 4) is 11.3 Å². The standard InChI is InChI=1S/C14H12F2N4O3S/c1-20-7-10(5-18-20)13-3-11(23-19-13)8-24(21,22)12-2-9(14(15)16)4-17-6-12/h2-7,14H,8H2,1H3. The first-order chi connectivity index (χ1) is 11.3. The summed E-state index contributed by atoms with van der Waals surface area (Å²) < 4.78 is 56.6. The summed E-state index contributed by atoms with van der Waals surface area (Å²) in [5.41, 5.74) is 0.656. The lowest BCUT2D eigenvalue weighted by Gasteiger charge is -2.04. The molecule has 0 fully saturated rings. The van der Waals surface area contributed by atoms with E-state index < -0.39 is 27.6 Å². The van der Waals surface area contributed by atoms with Crippen LogP contribution in [0.15, 0.2) is 46.3 Å². The van der Waals surface area contributed by atoms with E-state index in [1.165, 1.54) is 6.07 Å². The number of sulfone groups is 1. The zero-order chi connectivity index (χ0) is 17.3. The summed E-state index contributed by atoms with van der Waals surface area (Å²) in [7, 11) is -2.15. The second-order valence-electron chi connectivity index (χ2n) is 5.09. The Morgan fingerprint density at radius 3 is 2.71 bits per heavy atom. The van der Waals surface area contributed by atoms with Crippen LogP contribution in [0.5, 0.6) is 0 Å². The van der Waals surface area contributed by atoms with Gasteiger partial charge in [0.1, 0.15) is 11.4 Å². The van der Waals surface area contributed by atoms with Crippen molar-refractivity contribution >= 4 is 9.84 Å². The molecule has 3 aromatic heterocycles. The van der Waals surface area contributed by atoms with Crippen LogP contribution in [0.3, 0.4) is 0 Å². The van der Waals surface area contributed by atoms with Crippen molar-refractivity contribution in [3.05, 3.63) is 48.2 Å². The fourth-order valence-corrected chi connectivity index (χ4v) is 3.28. The molecule has 0 unspecified atom stereocenters. The number of aromatic nitrogens is 4. The molecule has 0 saturated heterocycles. The minimum Gasteiger partial charge on any atom is -0.360 e. The summed E-state index contributed by atoms with van der Waals surface area (Å²) in [5.74, 6) is -0.412. The number of pyridine rings is 1. The van der Waals surface area contributed by atoms with E-state index >= 15 is 0 Å². The van der Waals surface area contributed by atoms with Gasteiger partial charge in [-0.15, -0.1) is 0 Å². The van der Waals surface area contributed by atoms with E-state index in [-0.39, 0.29) is 10.7 Å². The summed E-state index contributed by atoms with van der Waals surface area (Å²) in [6, 6.07) is 2.38. The van der Waals surface area contributed by atoms with Crippen molar-refractivity contribution in [1.82, 2.24) is 19.9 Å². The van der Waals surface area contributed by atoms with Crippen molar-refractivity contribution in [3.63, 3.8) is 0 Å². The first-order valence-electron chi connectivity index (χ1n) is 6.75. The fraction of sp³-hybridized carbons (Fsp3) is 0.214. The second-order valence-corrected chi connectivity index (χ2v) is 7.08. The van der Waals surface area contributed by atoms with Gasteiger partial charge in [-0.1, -0.05) is 5.16 Å². The molecule has 0 spiro atoms. The lowest BCUT2D eigenvalue weighted by atomic mass is 10.2. The zero-order valence-corrected chi connectivity index (χ0v) is 13.2. The highest BCUT2D eigenvalue weighted by atomic mass is 32.2. The molecule has 126 valence electrons. The fourth-order valence-electron chi connectivity index (χ4n) is 2.07. The van der Waals surface area contributed by atoms with Crippen LogP contribution >= 0.6 is 0 Å². The highest BCUT2D eigenvalue weighted by Crippen LogP contribution is 2.24. The topological polar surface area (TPSA) is 90.9 Å². The number of alkyl halides is 2. The van der Waals surface area contributed by atoms with E-state index in [1.807, 2.05) is 0 Å². The first-order valence-corrected chi connectivity index (χ1v) is 8.41. The normalized spacial score (nSPS) is 12.0. The quantitative estimate of drug-likeness (QED) is 0.699. The lowest BCUT2D eigenvalue weighted by Crippen LogP contribution is -2.05. The van der Waals surface area contributed by atoms with Crippen LogP contribution in [0.25, 0.3) is 11.3 Å². The molecule has 0 bridgehead atoms. The average Bonchev–Trinajstić information content (AvgIpc) is 3.16. The molecule has 0 aromatic carbocycles. The third-order valence-electron chi connectivity index (χ3n) is 3.24. The summed E-state index contributed by atoms with van der Waals surface area (Å²) >= 11 is 0. The van der Waals surface area contributed by atoms with Gasteiger partial charge in [0, 0.05) is 42.8 Å². The third-order valence-corrected chi connectivity index (χ3v) is 4.84. The van der Waals surface area contributed by atoms with Gasteiger partial charge in [0.2, 0.25) is 0 Å². The molecule has 24 heavy (non-hydrogen) atoms. The molecule has 10 heteroatoms. The van der Waals surface area contributed by atoms with Crippen LogP contribution in [0.1, 0.15) is 17.7 Å². The average molecular weight is 354 g/mol. The Kier molecular flexibility index (Phi) is 4.14. The smallest absolute Gasteiger partial charge is 0.265 e. The Balaban J connectivity index is 1.85. The molecule has 3 rings (SSSR count). The Morgan fingerprint density at radius 1 is 1.25 bits per heavy atom. The minimum absolute atomic E-state index is 0.0938. The van der Waals surface area contributed by atoms with Gasteiger partial charge in [-0.2, -0.15) is 5.10 Å². The summed E-state index contributed by atoms with van der Waals surface area (Å²) in [6.07, 6.45) is 2.42. The molecule has 0 aliphatic carbocycles.